The minimum absolute atomic E-state index is 0.533. The Labute approximate surface area is 67.4 Å². The maximum atomic E-state index is 5.54. The van der Waals surface area contributed by atoms with E-state index in [4.69, 9.17) is 11.6 Å². The number of alkyl halides is 1. The van der Waals surface area contributed by atoms with E-state index in [1.165, 1.54) is 4.21 Å². The van der Waals surface area contributed by atoms with Crippen LogP contribution in [0.25, 0.3) is 0 Å². The van der Waals surface area contributed by atoms with Gasteiger partial charge >= 0.3 is 0 Å². The number of thiazole rings is 1. The van der Waals surface area contributed by atoms with Crippen LogP contribution in [0.15, 0.2) is 10.4 Å². The molecule has 0 aliphatic heterocycles. The largest absolute Gasteiger partial charge is 0.247 e. The van der Waals surface area contributed by atoms with Crippen LogP contribution in [0, 0.1) is 0 Å². The SMILES string of the molecule is CSc1cnc(CCl)s1. The number of aromatic nitrogens is 1. The van der Waals surface area contributed by atoms with Crippen LogP contribution in [0.1, 0.15) is 5.01 Å². The van der Waals surface area contributed by atoms with Crippen molar-refractivity contribution in [2.24, 2.45) is 0 Å². The maximum Gasteiger partial charge on any atom is 0.108 e. The van der Waals surface area contributed by atoms with Gasteiger partial charge in [-0.15, -0.1) is 34.7 Å². The van der Waals surface area contributed by atoms with Crippen LogP contribution in [0.2, 0.25) is 0 Å². The molecule has 1 aromatic rings. The molecule has 0 saturated heterocycles. The highest BCUT2D eigenvalue weighted by Crippen LogP contribution is 2.23. The normalized spacial score (nSPS) is 10.0. The molecule has 0 amide bonds. The third-order valence-corrected chi connectivity index (χ3v) is 3.31. The Morgan fingerprint density at radius 1 is 1.89 bits per heavy atom. The van der Waals surface area contributed by atoms with Crippen molar-refractivity contribution in [2.75, 3.05) is 6.26 Å². The molecule has 0 N–H and O–H groups in total. The van der Waals surface area contributed by atoms with Crippen LogP contribution in [-0.2, 0) is 5.88 Å². The lowest BCUT2D eigenvalue weighted by atomic mass is 10.8. The lowest BCUT2D eigenvalue weighted by Gasteiger charge is -1.80. The highest BCUT2D eigenvalue weighted by Gasteiger charge is 1.96. The molecule has 1 aromatic heterocycles. The Hall–Kier alpha value is 0.270. The Balaban J connectivity index is 2.74. The average Bonchev–Trinajstić information content (AvgIpc) is 2.34. The summed E-state index contributed by atoms with van der Waals surface area (Å²) in [5.41, 5.74) is 0. The number of halogens is 1. The van der Waals surface area contributed by atoms with Crippen LogP contribution in [-0.4, -0.2) is 11.2 Å². The molecule has 0 bridgehead atoms. The number of hydrogen-bond acceptors (Lipinski definition) is 3. The summed E-state index contributed by atoms with van der Waals surface area (Å²) >= 11 is 8.89. The van der Waals surface area contributed by atoms with Gasteiger partial charge in [-0.3, -0.25) is 0 Å². The van der Waals surface area contributed by atoms with E-state index in [9.17, 15) is 0 Å². The number of nitrogens with zero attached hydrogens (tertiary/aromatic N) is 1. The molecule has 1 nitrogen and oxygen atoms in total. The molecule has 0 radical (unpaired) electrons. The maximum absolute atomic E-state index is 5.54. The molecule has 1 heterocycles. The second-order valence-corrected chi connectivity index (χ2v) is 3.90. The molecule has 1 rings (SSSR count). The van der Waals surface area contributed by atoms with Gasteiger partial charge in [-0.1, -0.05) is 0 Å². The lowest BCUT2D eigenvalue weighted by molar-refractivity contribution is 1.25. The van der Waals surface area contributed by atoms with Gasteiger partial charge in [-0.2, -0.15) is 0 Å². The van der Waals surface area contributed by atoms with Gasteiger partial charge in [0.05, 0.1) is 16.3 Å². The molecule has 0 atom stereocenters. The van der Waals surface area contributed by atoms with Crippen molar-refractivity contribution in [3.05, 3.63) is 11.2 Å². The molecule has 0 fully saturated rings. The smallest absolute Gasteiger partial charge is 0.108 e. The highest BCUT2D eigenvalue weighted by atomic mass is 35.5. The van der Waals surface area contributed by atoms with E-state index < -0.39 is 0 Å². The first-order chi connectivity index (χ1) is 4.36. The summed E-state index contributed by atoms with van der Waals surface area (Å²) in [6.07, 6.45) is 3.89. The van der Waals surface area contributed by atoms with Gasteiger partial charge in [0.2, 0.25) is 0 Å². The Kier molecular flexibility index (Phi) is 2.82. The number of thioether (sulfide) groups is 1. The van der Waals surface area contributed by atoms with Crippen molar-refractivity contribution in [1.29, 1.82) is 0 Å². The van der Waals surface area contributed by atoms with Crippen LogP contribution in [0.4, 0.5) is 0 Å². The van der Waals surface area contributed by atoms with Crippen LogP contribution >= 0.6 is 34.7 Å². The molecule has 4 heteroatoms. The van der Waals surface area contributed by atoms with Crippen LogP contribution in [0.5, 0.6) is 0 Å². The zero-order valence-electron chi connectivity index (χ0n) is 4.93. The van der Waals surface area contributed by atoms with Crippen LogP contribution in [0.3, 0.4) is 0 Å². The molecule has 9 heavy (non-hydrogen) atoms. The molecule has 0 aliphatic rings. The molecular formula is C5H6ClNS2. The molecule has 0 aromatic carbocycles. The Bertz CT molecular complexity index is 168. The first-order valence-electron chi connectivity index (χ1n) is 2.41. The first kappa shape index (κ1) is 7.38. The summed E-state index contributed by atoms with van der Waals surface area (Å²) in [4.78, 5) is 4.07. The van der Waals surface area contributed by atoms with E-state index in [1.807, 2.05) is 12.5 Å². The van der Waals surface area contributed by atoms with E-state index in [-0.39, 0.29) is 0 Å². The third-order valence-electron chi connectivity index (χ3n) is 0.848. The summed E-state index contributed by atoms with van der Waals surface area (Å²) in [7, 11) is 0. The van der Waals surface area contributed by atoms with Crippen molar-refractivity contribution >= 4 is 34.7 Å². The number of rotatable bonds is 2. The van der Waals surface area contributed by atoms with Gasteiger partial charge < -0.3 is 0 Å². The molecular weight excluding hydrogens is 174 g/mol. The predicted octanol–water partition coefficient (Wildman–Crippen LogP) is 2.60. The zero-order chi connectivity index (χ0) is 6.69. The molecule has 50 valence electrons. The fourth-order valence-electron chi connectivity index (χ4n) is 0.450. The van der Waals surface area contributed by atoms with E-state index in [0.717, 1.165) is 5.01 Å². The van der Waals surface area contributed by atoms with E-state index in [0.29, 0.717) is 5.88 Å². The standard InChI is InChI=1S/C5H6ClNS2/c1-8-5-3-7-4(2-6)9-5/h3H,2H2,1H3. The second-order valence-electron chi connectivity index (χ2n) is 1.41. The van der Waals surface area contributed by atoms with Gasteiger partial charge in [-0.05, 0) is 6.26 Å². The third kappa shape index (κ3) is 1.85. The molecule has 0 saturated carbocycles. The summed E-state index contributed by atoms with van der Waals surface area (Å²) in [6, 6.07) is 0. The number of hydrogen-bond donors (Lipinski definition) is 0. The van der Waals surface area contributed by atoms with Crippen molar-refractivity contribution < 1.29 is 0 Å². The fraction of sp³-hybridized carbons (Fsp3) is 0.400. The summed E-state index contributed by atoms with van der Waals surface area (Å²) < 4.78 is 1.23. The quantitative estimate of drug-likeness (QED) is 0.512. The summed E-state index contributed by atoms with van der Waals surface area (Å²) in [5, 5.41) is 1.00. The average molecular weight is 180 g/mol. The molecule has 0 spiro atoms. The van der Waals surface area contributed by atoms with Crippen molar-refractivity contribution in [3.63, 3.8) is 0 Å². The van der Waals surface area contributed by atoms with Gasteiger partial charge in [0.1, 0.15) is 5.01 Å². The van der Waals surface area contributed by atoms with E-state index in [1.54, 1.807) is 23.1 Å². The monoisotopic (exact) mass is 179 g/mol. The van der Waals surface area contributed by atoms with Crippen molar-refractivity contribution in [2.45, 2.75) is 10.1 Å². The Morgan fingerprint density at radius 2 is 2.67 bits per heavy atom. The van der Waals surface area contributed by atoms with Gasteiger partial charge in [0.25, 0.3) is 0 Å². The molecule has 0 unspecified atom stereocenters. The van der Waals surface area contributed by atoms with Crippen molar-refractivity contribution in [3.8, 4) is 0 Å². The molecule has 0 aliphatic carbocycles. The zero-order valence-corrected chi connectivity index (χ0v) is 7.32. The topological polar surface area (TPSA) is 12.9 Å². The minimum atomic E-state index is 0.533. The van der Waals surface area contributed by atoms with Crippen LogP contribution < -0.4 is 0 Å². The van der Waals surface area contributed by atoms with Gasteiger partial charge in [0, 0.05) is 0 Å². The summed E-state index contributed by atoms with van der Waals surface area (Å²) in [6.45, 7) is 0. The van der Waals surface area contributed by atoms with Gasteiger partial charge in [0.15, 0.2) is 0 Å². The second kappa shape index (κ2) is 3.44. The summed E-state index contributed by atoms with van der Waals surface area (Å²) in [5.74, 6) is 0.533. The highest BCUT2D eigenvalue weighted by molar-refractivity contribution is 8.00. The van der Waals surface area contributed by atoms with Gasteiger partial charge in [-0.25, -0.2) is 4.98 Å². The fourth-order valence-corrected chi connectivity index (χ4v) is 1.96. The predicted molar refractivity (Wildman–Crippen MR) is 43.5 cm³/mol. The Morgan fingerprint density at radius 3 is 3.00 bits per heavy atom. The van der Waals surface area contributed by atoms with E-state index in [2.05, 4.69) is 4.98 Å². The lowest BCUT2D eigenvalue weighted by Crippen LogP contribution is -1.67. The minimum Gasteiger partial charge on any atom is -0.247 e. The van der Waals surface area contributed by atoms with E-state index >= 15 is 0 Å². The first-order valence-corrected chi connectivity index (χ1v) is 4.99. The van der Waals surface area contributed by atoms with Crippen molar-refractivity contribution in [1.82, 2.24) is 4.98 Å².